The largest absolute Gasteiger partial charge is 0.497 e. The number of halogens is 1. The van der Waals surface area contributed by atoms with E-state index in [2.05, 4.69) is 0 Å². The van der Waals surface area contributed by atoms with Gasteiger partial charge in [-0.3, -0.25) is 0 Å². The van der Waals surface area contributed by atoms with Crippen molar-refractivity contribution in [2.45, 2.75) is 19.4 Å². The van der Waals surface area contributed by atoms with Gasteiger partial charge in [0.15, 0.2) is 6.10 Å². The number of carboxylic acids is 1. The first-order valence-corrected chi connectivity index (χ1v) is 7.69. The second-order valence-electron chi connectivity index (χ2n) is 5.24. The fraction of sp³-hybridized carbons (Fsp3) is 0.278. The van der Waals surface area contributed by atoms with Gasteiger partial charge >= 0.3 is 5.97 Å². The van der Waals surface area contributed by atoms with E-state index >= 15 is 0 Å². The highest BCUT2D eigenvalue weighted by molar-refractivity contribution is 6.31. The van der Waals surface area contributed by atoms with Gasteiger partial charge in [0.2, 0.25) is 0 Å². The van der Waals surface area contributed by atoms with Gasteiger partial charge in [-0.15, -0.1) is 0 Å². The van der Waals surface area contributed by atoms with E-state index in [1.54, 1.807) is 43.5 Å². The molecule has 2 aromatic carbocycles. The van der Waals surface area contributed by atoms with Crippen molar-refractivity contribution in [3.63, 3.8) is 0 Å². The van der Waals surface area contributed by atoms with Gasteiger partial charge in [0.25, 0.3) is 0 Å². The summed E-state index contributed by atoms with van der Waals surface area (Å²) < 4.78 is 16.1. The molecule has 0 aliphatic rings. The van der Waals surface area contributed by atoms with Crippen LogP contribution in [-0.4, -0.2) is 31.4 Å². The smallest absolute Gasteiger partial charge is 0.345 e. The molecule has 0 saturated heterocycles. The predicted octanol–water partition coefficient (Wildman–Crippen LogP) is 3.74. The Morgan fingerprint density at radius 2 is 1.83 bits per heavy atom. The lowest BCUT2D eigenvalue weighted by molar-refractivity contribution is -0.145. The van der Waals surface area contributed by atoms with E-state index in [0.717, 1.165) is 5.56 Å². The van der Waals surface area contributed by atoms with Crippen LogP contribution in [0.4, 0.5) is 0 Å². The van der Waals surface area contributed by atoms with Crippen molar-refractivity contribution < 1.29 is 24.1 Å². The summed E-state index contributed by atoms with van der Waals surface area (Å²) >= 11 is 5.98. The average Bonchev–Trinajstić information content (AvgIpc) is 2.57. The number of carboxylic acid groups (broad SMARTS) is 1. The lowest BCUT2D eigenvalue weighted by Crippen LogP contribution is -2.29. The van der Waals surface area contributed by atoms with Crippen molar-refractivity contribution in [2.24, 2.45) is 0 Å². The van der Waals surface area contributed by atoms with Crippen molar-refractivity contribution >= 4 is 17.6 Å². The Hall–Kier alpha value is -2.40. The van der Waals surface area contributed by atoms with Gasteiger partial charge in [-0.1, -0.05) is 11.6 Å². The highest BCUT2D eigenvalue weighted by atomic mass is 35.5. The number of rotatable bonds is 7. The van der Waals surface area contributed by atoms with Gasteiger partial charge < -0.3 is 19.3 Å². The molecule has 0 spiro atoms. The highest BCUT2D eigenvalue weighted by Crippen LogP contribution is 2.27. The minimum Gasteiger partial charge on any atom is -0.497 e. The molecule has 1 unspecified atom stereocenters. The molecule has 0 saturated carbocycles. The van der Waals surface area contributed by atoms with Crippen LogP contribution in [0.2, 0.25) is 5.02 Å². The summed E-state index contributed by atoms with van der Waals surface area (Å²) in [6, 6.07) is 10.3. The number of hydrogen-bond donors (Lipinski definition) is 1. The van der Waals surface area contributed by atoms with Gasteiger partial charge in [-0.25, -0.2) is 4.79 Å². The van der Waals surface area contributed by atoms with E-state index in [-0.39, 0.29) is 6.42 Å². The molecule has 1 atom stereocenters. The van der Waals surface area contributed by atoms with Crippen LogP contribution in [0, 0.1) is 6.92 Å². The Labute approximate surface area is 145 Å². The second kappa shape index (κ2) is 7.93. The number of hydrogen-bond acceptors (Lipinski definition) is 4. The van der Waals surface area contributed by atoms with Gasteiger partial charge in [0, 0.05) is 17.0 Å². The molecule has 128 valence electrons. The molecule has 2 aromatic rings. The third kappa shape index (κ3) is 4.32. The minimum absolute atomic E-state index is 0.136. The molecule has 0 heterocycles. The van der Waals surface area contributed by atoms with Gasteiger partial charge in [0.1, 0.15) is 17.2 Å². The van der Waals surface area contributed by atoms with Gasteiger partial charge in [-0.2, -0.15) is 0 Å². The van der Waals surface area contributed by atoms with E-state index in [9.17, 15) is 9.90 Å². The van der Waals surface area contributed by atoms with Crippen molar-refractivity contribution in [1.82, 2.24) is 0 Å². The third-order valence-electron chi connectivity index (χ3n) is 3.58. The first kappa shape index (κ1) is 17.9. The van der Waals surface area contributed by atoms with Crippen LogP contribution in [0.5, 0.6) is 17.2 Å². The first-order chi connectivity index (χ1) is 11.4. The standard InChI is InChI=1S/C18H19ClO5/c1-11-8-14(4-6-15(11)19)24-17(18(20)21)10-12-9-13(22-2)5-7-16(12)23-3/h4-9,17H,10H2,1-3H3,(H,20,21). The molecule has 0 bridgehead atoms. The van der Waals surface area contributed by atoms with Crippen LogP contribution < -0.4 is 14.2 Å². The Bertz CT molecular complexity index is 729. The topological polar surface area (TPSA) is 65.0 Å². The summed E-state index contributed by atoms with van der Waals surface area (Å²) in [5, 5.41) is 10.1. The summed E-state index contributed by atoms with van der Waals surface area (Å²) in [6.45, 7) is 1.83. The molecule has 0 aliphatic heterocycles. The maximum Gasteiger partial charge on any atom is 0.345 e. The normalized spacial score (nSPS) is 11.7. The molecule has 0 amide bonds. The highest BCUT2D eigenvalue weighted by Gasteiger charge is 2.22. The zero-order valence-corrected chi connectivity index (χ0v) is 14.5. The van der Waals surface area contributed by atoms with Crippen LogP contribution in [0.15, 0.2) is 36.4 Å². The fourth-order valence-corrected chi connectivity index (χ4v) is 2.39. The number of aliphatic carboxylic acids is 1. The Morgan fingerprint density at radius 1 is 1.12 bits per heavy atom. The monoisotopic (exact) mass is 350 g/mol. The minimum atomic E-state index is -1.06. The Balaban J connectivity index is 2.25. The van der Waals surface area contributed by atoms with Crippen molar-refractivity contribution in [2.75, 3.05) is 14.2 Å². The quantitative estimate of drug-likeness (QED) is 0.824. The van der Waals surface area contributed by atoms with Crippen molar-refractivity contribution in [3.05, 3.63) is 52.5 Å². The Morgan fingerprint density at radius 3 is 2.42 bits per heavy atom. The van der Waals surface area contributed by atoms with Crippen LogP contribution in [0.25, 0.3) is 0 Å². The fourth-order valence-electron chi connectivity index (χ4n) is 2.28. The molecular formula is C18H19ClO5. The number of carbonyl (C=O) groups is 1. The lowest BCUT2D eigenvalue weighted by Gasteiger charge is -2.18. The maximum absolute atomic E-state index is 11.6. The molecule has 1 N–H and O–H groups in total. The van der Waals surface area contributed by atoms with Crippen molar-refractivity contribution in [3.8, 4) is 17.2 Å². The van der Waals surface area contributed by atoms with Crippen molar-refractivity contribution in [1.29, 1.82) is 0 Å². The SMILES string of the molecule is COc1ccc(OC)c(CC(Oc2ccc(Cl)c(C)c2)C(=O)O)c1. The molecule has 0 fully saturated rings. The Kier molecular flexibility index (Phi) is 5.93. The third-order valence-corrected chi connectivity index (χ3v) is 4.00. The van der Waals surface area contributed by atoms with E-state index < -0.39 is 12.1 Å². The molecule has 5 nitrogen and oxygen atoms in total. The van der Waals surface area contributed by atoms with Crippen LogP contribution in [0.1, 0.15) is 11.1 Å². The number of methoxy groups -OCH3 is 2. The zero-order chi connectivity index (χ0) is 17.7. The van der Waals surface area contributed by atoms with E-state index in [1.165, 1.54) is 7.11 Å². The second-order valence-corrected chi connectivity index (χ2v) is 5.64. The number of aryl methyl sites for hydroxylation is 1. The molecule has 0 aromatic heterocycles. The van der Waals surface area contributed by atoms with Crippen LogP contribution in [0.3, 0.4) is 0 Å². The summed E-state index contributed by atoms with van der Waals surface area (Å²) in [6.07, 6.45) is -0.927. The molecule has 6 heteroatoms. The van der Waals surface area contributed by atoms with Gasteiger partial charge in [-0.05, 0) is 48.9 Å². The predicted molar refractivity (Wildman–Crippen MR) is 91.5 cm³/mol. The zero-order valence-electron chi connectivity index (χ0n) is 13.7. The summed E-state index contributed by atoms with van der Waals surface area (Å²) in [5.41, 5.74) is 1.51. The number of benzene rings is 2. The van der Waals surface area contributed by atoms with E-state index in [0.29, 0.717) is 27.8 Å². The van der Waals surface area contributed by atoms with E-state index in [4.69, 9.17) is 25.8 Å². The molecular weight excluding hydrogens is 332 g/mol. The summed E-state index contributed by atoms with van der Waals surface area (Å²) in [4.78, 5) is 11.6. The average molecular weight is 351 g/mol. The van der Waals surface area contributed by atoms with Gasteiger partial charge in [0.05, 0.1) is 14.2 Å². The summed E-state index contributed by atoms with van der Waals surface area (Å²) in [7, 11) is 3.08. The first-order valence-electron chi connectivity index (χ1n) is 7.31. The van der Waals surface area contributed by atoms with Crippen LogP contribution in [-0.2, 0) is 11.2 Å². The molecule has 0 radical (unpaired) electrons. The van der Waals surface area contributed by atoms with Crippen LogP contribution >= 0.6 is 11.6 Å². The summed E-state index contributed by atoms with van der Waals surface area (Å²) in [5.74, 6) is 0.592. The maximum atomic E-state index is 11.6. The van der Waals surface area contributed by atoms with E-state index in [1.807, 2.05) is 6.92 Å². The molecule has 2 rings (SSSR count). The lowest BCUT2D eigenvalue weighted by atomic mass is 10.1. The molecule has 0 aliphatic carbocycles. The molecule has 24 heavy (non-hydrogen) atoms. The number of ether oxygens (including phenoxy) is 3.